The molecule has 0 bridgehead atoms. The zero-order valence-corrected chi connectivity index (χ0v) is 11.0. The molecule has 1 unspecified atom stereocenters. The van der Waals surface area contributed by atoms with Crippen LogP contribution in [-0.2, 0) is 18.3 Å². The van der Waals surface area contributed by atoms with Crippen molar-refractivity contribution in [3.8, 4) is 0 Å². The van der Waals surface area contributed by atoms with Crippen LogP contribution in [0.15, 0.2) is 18.2 Å². The number of benzene rings is 1. The first-order chi connectivity index (χ1) is 8.52. The van der Waals surface area contributed by atoms with Crippen molar-refractivity contribution >= 4 is 17.0 Å². The van der Waals surface area contributed by atoms with Crippen molar-refractivity contribution in [3.63, 3.8) is 0 Å². The van der Waals surface area contributed by atoms with E-state index < -0.39 is 5.97 Å². The van der Waals surface area contributed by atoms with E-state index in [2.05, 4.69) is 16.5 Å². The van der Waals surface area contributed by atoms with Gasteiger partial charge in [-0.1, -0.05) is 19.9 Å². The largest absolute Gasteiger partial charge is 0.481 e. The lowest BCUT2D eigenvalue weighted by Gasteiger charge is -2.08. The number of aromatic nitrogens is 2. The molecule has 1 N–H and O–H groups in total. The Labute approximate surface area is 106 Å². The average Bonchev–Trinajstić information content (AvgIpc) is 2.64. The molecule has 0 radical (unpaired) electrons. The van der Waals surface area contributed by atoms with Gasteiger partial charge in [0.1, 0.15) is 5.82 Å². The summed E-state index contributed by atoms with van der Waals surface area (Å²) in [5.74, 6) is 0.296. The predicted molar refractivity (Wildman–Crippen MR) is 70.8 cm³/mol. The molecule has 4 heteroatoms. The molecule has 18 heavy (non-hydrogen) atoms. The van der Waals surface area contributed by atoms with Crippen molar-refractivity contribution in [2.75, 3.05) is 0 Å². The summed E-state index contributed by atoms with van der Waals surface area (Å²) >= 11 is 0. The van der Waals surface area contributed by atoms with Crippen molar-refractivity contribution < 1.29 is 9.90 Å². The number of hydrogen-bond donors (Lipinski definition) is 1. The molecule has 2 aromatic rings. The molecule has 0 amide bonds. The summed E-state index contributed by atoms with van der Waals surface area (Å²) in [5, 5.41) is 8.83. The van der Waals surface area contributed by atoms with E-state index in [1.807, 2.05) is 32.2 Å². The third kappa shape index (κ3) is 2.23. The number of carbonyl (C=O) groups is 1. The topological polar surface area (TPSA) is 55.1 Å². The first kappa shape index (κ1) is 12.6. The van der Waals surface area contributed by atoms with Gasteiger partial charge in [0, 0.05) is 13.5 Å². The summed E-state index contributed by atoms with van der Waals surface area (Å²) < 4.78 is 2.08. The molecule has 1 aromatic carbocycles. The van der Waals surface area contributed by atoms with Gasteiger partial charge in [-0.3, -0.25) is 4.79 Å². The van der Waals surface area contributed by atoms with Crippen LogP contribution in [0, 0.1) is 0 Å². The molecule has 0 aliphatic carbocycles. The van der Waals surface area contributed by atoms with Gasteiger partial charge in [0.25, 0.3) is 0 Å². The number of hydrogen-bond acceptors (Lipinski definition) is 2. The minimum atomic E-state index is -0.766. The molecule has 2 rings (SSSR count). The van der Waals surface area contributed by atoms with Crippen molar-refractivity contribution in [2.45, 2.75) is 32.6 Å². The molecule has 4 nitrogen and oxygen atoms in total. The SMILES string of the molecule is CCc1nc2cc(C(C)CC(=O)O)ccc2n1C. The fraction of sp³-hybridized carbons (Fsp3) is 0.429. The maximum absolute atomic E-state index is 10.7. The fourth-order valence-corrected chi connectivity index (χ4v) is 2.27. The van der Waals surface area contributed by atoms with E-state index in [1.54, 1.807) is 0 Å². The Kier molecular flexibility index (Phi) is 3.36. The lowest BCUT2D eigenvalue weighted by Crippen LogP contribution is -2.02. The normalized spacial score (nSPS) is 12.8. The van der Waals surface area contributed by atoms with Gasteiger partial charge in [-0.15, -0.1) is 0 Å². The summed E-state index contributed by atoms with van der Waals surface area (Å²) in [5.41, 5.74) is 3.08. The second kappa shape index (κ2) is 4.80. The van der Waals surface area contributed by atoms with E-state index in [1.165, 1.54) is 0 Å². The summed E-state index contributed by atoms with van der Waals surface area (Å²) in [4.78, 5) is 15.3. The highest BCUT2D eigenvalue weighted by Gasteiger charge is 2.12. The first-order valence-electron chi connectivity index (χ1n) is 6.20. The molecule has 0 saturated carbocycles. The van der Waals surface area contributed by atoms with Gasteiger partial charge >= 0.3 is 5.97 Å². The number of nitrogens with zero attached hydrogens (tertiary/aromatic N) is 2. The third-order valence-corrected chi connectivity index (χ3v) is 3.36. The van der Waals surface area contributed by atoms with Gasteiger partial charge in [0.15, 0.2) is 0 Å². The molecule has 0 fully saturated rings. The lowest BCUT2D eigenvalue weighted by atomic mass is 9.97. The van der Waals surface area contributed by atoms with Crippen LogP contribution in [0.3, 0.4) is 0 Å². The minimum Gasteiger partial charge on any atom is -0.481 e. The molecule has 96 valence electrons. The fourth-order valence-electron chi connectivity index (χ4n) is 2.27. The Balaban J connectivity index is 2.41. The van der Waals surface area contributed by atoms with Crippen LogP contribution in [0.2, 0.25) is 0 Å². The quantitative estimate of drug-likeness (QED) is 0.902. The van der Waals surface area contributed by atoms with Crippen molar-refractivity contribution in [2.24, 2.45) is 7.05 Å². The number of imidazole rings is 1. The van der Waals surface area contributed by atoms with Gasteiger partial charge in [-0.05, 0) is 23.6 Å². The van der Waals surface area contributed by atoms with Crippen LogP contribution in [-0.4, -0.2) is 20.6 Å². The molecule has 0 spiro atoms. The lowest BCUT2D eigenvalue weighted by molar-refractivity contribution is -0.137. The molecule has 0 aliphatic heterocycles. The highest BCUT2D eigenvalue weighted by atomic mass is 16.4. The van der Waals surface area contributed by atoms with Gasteiger partial charge < -0.3 is 9.67 Å². The van der Waals surface area contributed by atoms with E-state index in [9.17, 15) is 4.79 Å². The Morgan fingerprint density at radius 1 is 1.50 bits per heavy atom. The van der Waals surface area contributed by atoms with Crippen LogP contribution in [0.4, 0.5) is 0 Å². The highest BCUT2D eigenvalue weighted by Crippen LogP contribution is 2.24. The van der Waals surface area contributed by atoms with Crippen LogP contribution >= 0.6 is 0 Å². The second-order valence-electron chi connectivity index (χ2n) is 4.69. The zero-order chi connectivity index (χ0) is 13.3. The summed E-state index contributed by atoms with van der Waals surface area (Å²) in [6.07, 6.45) is 1.05. The zero-order valence-electron chi connectivity index (χ0n) is 11.0. The first-order valence-corrected chi connectivity index (χ1v) is 6.20. The second-order valence-corrected chi connectivity index (χ2v) is 4.69. The maximum Gasteiger partial charge on any atom is 0.303 e. The Morgan fingerprint density at radius 2 is 2.22 bits per heavy atom. The van der Waals surface area contributed by atoms with E-state index in [-0.39, 0.29) is 12.3 Å². The van der Waals surface area contributed by atoms with Crippen LogP contribution in [0.1, 0.15) is 37.6 Å². The Hall–Kier alpha value is -1.84. The van der Waals surface area contributed by atoms with Crippen LogP contribution in [0.5, 0.6) is 0 Å². The number of carboxylic acids is 1. The third-order valence-electron chi connectivity index (χ3n) is 3.36. The van der Waals surface area contributed by atoms with Crippen LogP contribution < -0.4 is 0 Å². The molecule has 0 aliphatic rings. The van der Waals surface area contributed by atoms with Gasteiger partial charge in [-0.2, -0.15) is 0 Å². The smallest absolute Gasteiger partial charge is 0.303 e. The van der Waals surface area contributed by atoms with Crippen molar-refractivity contribution in [3.05, 3.63) is 29.6 Å². The summed E-state index contributed by atoms with van der Waals surface area (Å²) in [7, 11) is 2.01. The molecule has 1 atom stereocenters. The number of carboxylic acid groups (broad SMARTS) is 1. The maximum atomic E-state index is 10.7. The van der Waals surface area contributed by atoms with Gasteiger partial charge in [0.05, 0.1) is 17.5 Å². The van der Waals surface area contributed by atoms with Gasteiger partial charge in [-0.25, -0.2) is 4.98 Å². The van der Waals surface area contributed by atoms with Crippen molar-refractivity contribution in [1.29, 1.82) is 0 Å². The highest BCUT2D eigenvalue weighted by molar-refractivity contribution is 5.77. The van der Waals surface area contributed by atoms with E-state index in [0.29, 0.717) is 0 Å². The summed E-state index contributed by atoms with van der Waals surface area (Å²) in [6.45, 7) is 4.01. The monoisotopic (exact) mass is 246 g/mol. The molecule has 1 heterocycles. The Morgan fingerprint density at radius 3 is 2.83 bits per heavy atom. The summed E-state index contributed by atoms with van der Waals surface area (Å²) in [6, 6.07) is 6.02. The standard InChI is InChI=1S/C14H18N2O2/c1-4-13-15-11-8-10(9(2)7-14(17)18)5-6-12(11)16(13)3/h5-6,8-9H,4,7H2,1-3H3,(H,17,18). The molecule has 0 saturated heterocycles. The number of aliphatic carboxylic acids is 1. The minimum absolute atomic E-state index is 0.0129. The van der Waals surface area contributed by atoms with E-state index in [4.69, 9.17) is 5.11 Å². The van der Waals surface area contributed by atoms with Crippen LogP contribution in [0.25, 0.3) is 11.0 Å². The van der Waals surface area contributed by atoms with Crippen molar-refractivity contribution in [1.82, 2.24) is 9.55 Å². The molecular weight excluding hydrogens is 228 g/mol. The predicted octanol–water partition coefficient (Wildman–Crippen LogP) is 2.71. The van der Waals surface area contributed by atoms with Gasteiger partial charge in [0.2, 0.25) is 0 Å². The Bertz CT molecular complexity index is 587. The number of fused-ring (bicyclic) bond motifs is 1. The molecular formula is C14H18N2O2. The molecule has 1 aromatic heterocycles. The average molecular weight is 246 g/mol. The van der Waals surface area contributed by atoms with E-state index in [0.717, 1.165) is 28.8 Å². The number of rotatable bonds is 4. The van der Waals surface area contributed by atoms with E-state index >= 15 is 0 Å². The number of aryl methyl sites for hydroxylation is 2.